The van der Waals surface area contributed by atoms with Crippen LogP contribution in [0.2, 0.25) is 0 Å². The van der Waals surface area contributed by atoms with E-state index in [0.29, 0.717) is 11.6 Å². The van der Waals surface area contributed by atoms with Crippen LogP contribution < -0.4 is 0 Å². The van der Waals surface area contributed by atoms with Crippen LogP contribution in [0.4, 0.5) is 0 Å². The lowest BCUT2D eigenvalue weighted by Gasteiger charge is -1.93. The second-order valence-electron chi connectivity index (χ2n) is 3.28. The maximum absolute atomic E-state index is 10.6. The molecule has 0 aliphatic heterocycles. The lowest BCUT2D eigenvalue weighted by Crippen LogP contribution is -1.97. The first-order valence-electron chi connectivity index (χ1n) is 4.46. The van der Waals surface area contributed by atoms with Crippen LogP contribution in [-0.2, 0) is 0 Å². The topological polar surface area (TPSA) is 50.2 Å². The Bertz CT molecular complexity index is 424. The first-order valence-corrected chi connectivity index (χ1v) is 4.46. The molecule has 1 heterocycles. The number of pyridine rings is 1. The fourth-order valence-corrected chi connectivity index (χ4v) is 1.04. The van der Waals surface area contributed by atoms with Crippen molar-refractivity contribution in [3.05, 3.63) is 29.6 Å². The molecule has 1 aromatic heterocycles. The van der Waals surface area contributed by atoms with Gasteiger partial charge in [-0.2, -0.15) is 0 Å². The highest BCUT2D eigenvalue weighted by Crippen LogP contribution is 2.27. The van der Waals surface area contributed by atoms with Gasteiger partial charge in [-0.05, 0) is 30.9 Å². The molecule has 2 rings (SSSR count). The van der Waals surface area contributed by atoms with Crippen molar-refractivity contribution in [3.63, 3.8) is 0 Å². The van der Waals surface area contributed by atoms with Crippen LogP contribution in [-0.4, -0.2) is 16.1 Å². The number of rotatable bonds is 1. The monoisotopic (exact) mass is 187 g/mol. The SMILES string of the molecule is O=C(O)c1ccnc(C#CC2CC2)c1. The molecule has 1 aromatic rings. The fourth-order valence-electron chi connectivity index (χ4n) is 1.04. The third kappa shape index (κ3) is 2.11. The van der Waals surface area contributed by atoms with E-state index in [1.165, 1.54) is 18.3 Å². The smallest absolute Gasteiger partial charge is 0.335 e. The molecule has 0 saturated heterocycles. The van der Waals surface area contributed by atoms with Gasteiger partial charge in [0.25, 0.3) is 0 Å². The summed E-state index contributed by atoms with van der Waals surface area (Å²) in [7, 11) is 0. The second kappa shape index (κ2) is 3.51. The molecule has 0 unspecified atom stereocenters. The Labute approximate surface area is 81.8 Å². The summed E-state index contributed by atoms with van der Waals surface area (Å²) in [6.07, 6.45) is 3.79. The molecule has 0 aromatic carbocycles. The van der Waals surface area contributed by atoms with E-state index in [9.17, 15) is 4.79 Å². The standard InChI is InChI=1S/C11H9NO2/c13-11(14)9-5-6-12-10(7-9)4-3-8-1-2-8/h5-8H,1-2H2,(H,13,14). The zero-order valence-electron chi connectivity index (χ0n) is 7.53. The van der Waals surface area contributed by atoms with Crippen molar-refractivity contribution in [1.29, 1.82) is 0 Å². The van der Waals surface area contributed by atoms with E-state index in [0.717, 1.165) is 12.8 Å². The lowest BCUT2D eigenvalue weighted by atomic mass is 10.2. The van der Waals surface area contributed by atoms with Crippen molar-refractivity contribution in [2.75, 3.05) is 0 Å². The van der Waals surface area contributed by atoms with Crippen LogP contribution in [0.1, 0.15) is 28.9 Å². The fraction of sp³-hybridized carbons (Fsp3) is 0.273. The van der Waals surface area contributed by atoms with E-state index in [2.05, 4.69) is 16.8 Å². The molecule has 0 bridgehead atoms. The minimum absolute atomic E-state index is 0.236. The average molecular weight is 187 g/mol. The second-order valence-corrected chi connectivity index (χ2v) is 3.28. The molecule has 1 saturated carbocycles. The molecule has 1 aliphatic rings. The van der Waals surface area contributed by atoms with E-state index in [-0.39, 0.29) is 5.56 Å². The Morgan fingerprint density at radius 3 is 3.00 bits per heavy atom. The summed E-state index contributed by atoms with van der Waals surface area (Å²) in [5, 5.41) is 8.72. The molecule has 3 nitrogen and oxygen atoms in total. The van der Waals surface area contributed by atoms with Gasteiger partial charge in [0, 0.05) is 12.1 Å². The third-order valence-electron chi connectivity index (χ3n) is 1.99. The van der Waals surface area contributed by atoms with Gasteiger partial charge in [-0.15, -0.1) is 0 Å². The molecule has 3 heteroatoms. The number of aromatic carboxylic acids is 1. The van der Waals surface area contributed by atoms with E-state index in [1.807, 2.05) is 0 Å². The minimum Gasteiger partial charge on any atom is -0.478 e. The van der Waals surface area contributed by atoms with Crippen molar-refractivity contribution in [2.45, 2.75) is 12.8 Å². The predicted molar refractivity (Wildman–Crippen MR) is 50.8 cm³/mol. The normalized spacial score (nSPS) is 14.3. The third-order valence-corrected chi connectivity index (χ3v) is 1.99. The van der Waals surface area contributed by atoms with Gasteiger partial charge in [0.05, 0.1) is 5.56 Å². The molecule has 0 spiro atoms. The highest BCUT2D eigenvalue weighted by molar-refractivity contribution is 5.87. The van der Waals surface area contributed by atoms with Gasteiger partial charge in [-0.25, -0.2) is 9.78 Å². The number of aromatic nitrogens is 1. The Morgan fingerprint density at radius 2 is 2.36 bits per heavy atom. The number of carboxylic acid groups (broad SMARTS) is 1. The maximum Gasteiger partial charge on any atom is 0.335 e. The molecular formula is C11H9NO2. The number of hydrogen-bond donors (Lipinski definition) is 1. The van der Waals surface area contributed by atoms with Crippen LogP contribution in [0.15, 0.2) is 18.3 Å². The van der Waals surface area contributed by atoms with Crippen LogP contribution in [0.5, 0.6) is 0 Å². The Morgan fingerprint density at radius 1 is 1.57 bits per heavy atom. The van der Waals surface area contributed by atoms with Crippen molar-refractivity contribution in [3.8, 4) is 11.8 Å². The molecule has 0 amide bonds. The van der Waals surface area contributed by atoms with Crippen molar-refractivity contribution in [2.24, 2.45) is 5.92 Å². The van der Waals surface area contributed by atoms with Crippen molar-refractivity contribution in [1.82, 2.24) is 4.98 Å². The van der Waals surface area contributed by atoms with Gasteiger partial charge in [0.15, 0.2) is 0 Å². The number of hydrogen-bond acceptors (Lipinski definition) is 2. The number of carbonyl (C=O) groups is 1. The number of carboxylic acids is 1. The lowest BCUT2D eigenvalue weighted by molar-refractivity contribution is 0.0696. The van der Waals surface area contributed by atoms with Crippen molar-refractivity contribution < 1.29 is 9.90 Å². The van der Waals surface area contributed by atoms with Gasteiger partial charge in [-0.3, -0.25) is 0 Å². The predicted octanol–water partition coefficient (Wildman–Crippen LogP) is 1.54. The average Bonchev–Trinajstić information content (AvgIpc) is 2.99. The van der Waals surface area contributed by atoms with Crippen LogP contribution in [0.3, 0.4) is 0 Å². The molecule has 70 valence electrons. The van der Waals surface area contributed by atoms with Gasteiger partial charge >= 0.3 is 5.97 Å². The summed E-state index contributed by atoms with van der Waals surface area (Å²) < 4.78 is 0. The summed E-state index contributed by atoms with van der Waals surface area (Å²) in [5.74, 6) is 5.47. The minimum atomic E-state index is -0.943. The van der Waals surface area contributed by atoms with Crippen LogP contribution in [0, 0.1) is 17.8 Å². The zero-order valence-corrected chi connectivity index (χ0v) is 7.53. The molecule has 0 radical (unpaired) electrons. The van der Waals surface area contributed by atoms with E-state index >= 15 is 0 Å². The molecule has 1 aliphatic carbocycles. The first kappa shape index (κ1) is 8.76. The summed E-state index contributed by atoms with van der Waals surface area (Å²) in [5.41, 5.74) is 0.775. The summed E-state index contributed by atoms with van der Waals surface area (Å²) in [6, 6.07) is 2.96. The highest BCUT2D eigenvalue weighted by Gasteiger charge is 2.17. The Kier molecular flexibility index (Phi) is 2.19. The summed E-state index contributed by atoms with van der Waals surface area (Å²) in [4.78, 5) is 14.6. The van der Waals surface area contributed by atoms with E-state index in [4.69, 9.17) is 5.11 Å². The number of nitrogens with zero attached hydrogens (tertiary/aromatic N) is 1. The highest BCUT2D eigenvalue weighted by atomic mass is 16.4. The molecule has 0 atom stereocenters. The molecule has 14 heavy (non-hydrogen) atoms. The Hall–Kier alpha value is -1.82. The summed E-state index contributed by atoms with van der Waals surface area (Å²) in [6.45, 7) is 0. The van der Waals surface area contributed by atoms with Crippen molar-refractivity contribution >= 4 is 5.97 Å². The zero-order chi connectivity index (χ0) is 9.97. The Balaban J connectivity index is 2.22. The molecule has 1 fully saturated rings. The quantitative estimate of drug-likeness (QED) is 0.678. The van der Waals surface area contributed by atoms with Gasteiger partial charge < -0.3 is 5.11 Å². The van der Waals surface area contributed by atoms with Gasteiger partial charge in [0.2, 0.25) is 0 Å². The van der Waals surface area contributed by atoms with Gasteiger partial charge in [0.1, 0.15) is 5.69 Å². The molecular weight excluding hydrogens is 178 g/mol. The van der Waals surface area contributed by atoms with E-state index in [1.54, 1.807) is 0 Å². The van der Waals surface area contributed by atoms with E-state index < -0.39 is 5.97 Å². The molecule has 1 N–H and O–H groups in total. The van der Waals surface area contributed by atoms with Crippen LogP contribution >= 0.6 is 0 Å². The maximum atomic E-state index is 10.6. The van der Waals surface area contributed by atoms with Gasteiger partial charge in [-0.1, -0.05) is 5.92 Å². The first-order chi connectivity index (χ1) is 6.75. The summed E-state index contributed by atoms with van der Waals surface area (Å²) >= 11 is 0. The largest absolute Gasteiger partial charge is 0.478 e. The van der Waals surface area contributed by atoms with Crippen LogP contribution in [0.25, 0.3) is 0 Å².